The van der Waals surface area contributed by atoms with Crippen molar-refractivity contribution >= 4 is 21.7 Å². The summed E-state index contributed by atoms with van der Waals surface area (Å²) in [5.74, 6) is 0.243. The molecule has 0 amide bonds. The molecule has 0 bridgehead atoms. The number of nitro groups is 1. The van der Waals surface area contributed by atoms with Crippen LogP contribution in [0.25, 0.3) is 11.6 Å². The quantitative estimate of drug-likeness (QED) is 0.655. The molecule has 0 fully saturated rings. The van der Waals surface area contributed by atoms with Crippen molar-refractivity contribution < 1.29 is 9.34 Å². The van der Waals surface area contributed by atoms with Crippen LogP contribution in [0, 0.1) is 17.0 Å². The van der Waals surface area contributed by atoms with Crippen LogP contribution in [0.3, 0.4) is 0 Å². The highest BCUT2D eigenvalue weighted by Crippen LogP contribution is 2.31. The van der Waals surface area contributed by atoms with Crippen molar-refractivity contribution in [3.8, 4) is 11.6 Å². The van der Waals surface area contributed by atoms with E-state index in [1.807, 2.05) is 0 Å². The molecule has 0 aromatic carbocycles. The van der Waals surface area contributed by atoms with E-state index in [2.05, 4.69) is 36.3 Å². The zero-order chi connectivity index (χ0) is 11.0. The first-order valence-electron chi connectivity index (χ1n) is 3.78. The van der Waals surface area contributed by atoms with Gasteiger partial charge in [-0.2, -0.15) is 0 Å². The van der Waals surface area contributed by atoms with E-state index in [-0.39, 0.29) is 21.9 Å². The predicted molar refractivity (Wildman–Crippen MR) is 51.0 cm³/mol. The maximum atomic E-state index is 10.5. The Kier molecular flexibility index (Phi) is 2.23. The summed E-state index contributed by atoms with van der Waals surface area (Å²) in [5, 5.41) is 23.8. The highest BCUT2D eigenvalue weighted by atomic mass is 79.9. The van der Waals surface area contributed by atoms with Gasteiger partial charge in [0.05, 0.1) is 0 Å². The first-order chi connectivity index (χ1) is 7.09. The molecule has 0 saturated carbocycles. The van der Waals surface area contributed by atoms with E-state index in [4.69, 9.17) is 4.42 Å². The minimum atomic E-state index is -0.593. The molecule has 2 aromatic rings. The van der Waals surface area contributed by atoms with Gasteiger partial charge in [0.1, 0.15) is 4.47 Å². The molecule has 0 spiro atoms. The number of aryl methyl sites for hydroxylation is 1. The SMILES string of the molecule is Cc1nnc(-c2n[nH]c([N+](=O)[O-])c2Br)o1. The summed E-state index contributed by atoms with van der Waals surface area (Å²) in [4.78, 5) is 9.92. The molecule has 0 aliphatic carbocycles. The van der Waals surface area contributed by atoms with Gasteiger partial charge in [0, 0.05) is 6.92 Å². The third-order valence-corrected chi connectivity index (χ3v) is 2.35. The summed E-state index contributed by atoms with van der Waals surface area (Å²) in [6.07, 6.45) is 0. The van der Waals surface area contributed by atoms with Crippen molar-refractivity contribution in [3.63, 3.8) is 0 Å². The van der Waals surface area contributed by atoms with Gasteiger partial charge in [0.15, 0.2) is 5.69 Å². The molecule has 2 rings (SSSR count). The van der Waals surface area contributed by atoms with E-state index in [1.54, 1.807) is 6.92 Å². The Labute approximate surface area is 91.0 Å². The van der Waals surface area contributed by atoms with Gasteiger partial charge in [-0.1, -0.05) is 5.10 Å². The van der Waals surface area contributed by atoms with Crippen LogP contribution in [-0.4, -0.2) is 25.3 Å². The van der Waals surface area contributed by atoms with Crippen molar-refractivity contribution in [2.24, 2.45) is 0 Å². The topological polar surface area (TPSA) is 111 Å². The number of hydrogen-bond acceptors (Lipinski definition) is 6. The third-order valence-electron chi connectivity index (χ3n) is 1.60. The van der Waals surface area contributed by atoms with E-state index >= 15 is 0 Å². The summed E-state index contributed by atoms with van der Waals surface area (Å²) in [7, 11) is 0. The van der Waals surface area contributed by atoms with Gasteiger partial charge in [-0.3, -0.25) is 0 Å². The Morgan fingerprint density at radius 1 is 1.53 bits per heavy atom. The highest BCUT2D eigenvalue weighted by Gasteiger charge is 2.24. The van der Waals surface area contributed by atoms with E-state index in [0.29, 0.717) is 5.89 Å². The molecule has 9 heteroatoms. The lowest BCUT2D eigenvalue weighted by atomic mass is 10.4. The molecule has 0 aliphatic heterocycles. The summed E-state index contributed by atoms with van der Waals surface area (Å²) in [5.41, 5.74) is 0.224. The number of nitrogens with zero attached hydrogens (tertiary/aromatic N) is 4. The zero-order valence-electron chi connectivity index (χ0n) is 7.39. The lowest BCUT2D eigenvalue weighted by Crippen LogP contribution is -1.87. The van der Waals surface area contributed by atoms with Gasteiger partial charge in [0.2, 0.25) is 5.89 Å². The highest BCUT2D eigenvalue weighted by molar-refractivity contribution is 9.10. The molecule has 2 heterocycles. The fourth-order valence-corrected chi connectivity index (χ4v) is 1.47. The summed E-state index contributed by atoms with van der Waals surface area (Å²) < 4.78 is 5.28. The number of halogens is 1. The number of H-pyrrole nitrogens is 1. The molecular formula is C6H4BrN5O3. The Balaban J connectivity index is 2.50. The van der Waals surface area contributed by atoms with Crippen LogP contribution in [0.5, 0.6) is 0 Å². The predicted octanol–water partition coefficient (Wildman–Crippen LogP) is 1.44. The average molecular weight is 274 g/mol. The van der Waals surface area contributed by atoms with Gasteiger partial charge >= 0.3 is 5.82 Å². The van der Waals surface area contributed by atoms with Crippen molar-refractivity contribution in [1.82, 2.24) is 20.4 Å². The van der Waals surface area contributed by atoms with Crippen molar-refractivity contribution in [3.05, 3.63) is 20.5 Å². The lowest BCUT2D eigenvalue weighted by Gasteiger charge is -1.89. The van der Waals surface area contributed by atoms with E-state index in [9.17, 15) is 10.1 Å². The maximum absolute atomic E-state index is 10.5. The maximum Gasteiger partial charge on any atom is 0.357 e. The standard InChI is InChI=1S/C6H4BrN5O3/c1-2-8-11-6(15-2)4-3(7)5(10-9-4)12(13)14/h1H3,(H,9,10). The van der Waals surface area contributed by atoms with Crippen LogP contribution in [0.15, 0.2) is 8.89 Å². The summed E-state index contributed by atoms with van der Waals surface area (Å²) >= 11 is 3.03. The molecule has 0 saturated heterocycles. The van der Waals surface area contributed by atoms with Crippen LogP contribution >= 0.6 is 15.9 Å². The normalized spacial score (nSPS) is 10.5. The molecule has 0 radical (unpaired) electrons. The van der Waals surface area contributed by atoms with Gasteiger partial charge in [-0.15, -0.1) is 15.3 Å². The molecule has 0 unspecified atom stereocenters. The van der Waals surface area contributed by atoms with Crippen LogP contribution in [0.4, 0.5) is 5.82 Å². The van der Waals surface area contributed by atoms with E-state index < -0.39 is 4.92 Å². The van der Waals surface area contributed by atoms with E-state index in [0.717, 1.165) is 0 Å². The molecular weight excluding hydrogens is 270 g/mol. The van der Waals surface area contributed by atoms with Gasteiger partial charge in [-0.05, 0) is 20.9 Å². The zero-order valence-corrected chi connectivity index (χ0v) is 8.98. The molecule has 78 valence electrons. The fourth-order valence-electron chi connectivity index (χ4n) is 0.974. The number of aromatic amines is 1. The number of nitrogens with one attached hydrogen (secondary N) is 1. The number of hydrogen-bond donors (Lipinski definition) is 1. The Hall–Kier alpha value is -1.77. The van der Waals surface area contributed by atoms with Crippen molar-refractivity contribution in [2.45, 2.75) is 6.92 Å². The Bertz CT molecular complexity index is 519. The molecule has 0 aliphatic rings. The average Bonchev–Trinajstić information content (AvgIpc) is 2.71. The van der Waals surface area contributed by atoms with Crippen LogP contribution in [0.2, 0.25) is 0 Å². The van der Waals surface area contributed by atoms with Crippen molar-refractivity contribution in [2.75, 3.05) is 0 Å². The van der Waals surface area contributed by atoms with Crippen LogP contribution in [0.1, 0.15) is 5.89 Å². The first-order valence-corrected chi connectivity index (χ1v) is 4.57. The Morgan fingerprint density at radius 3 is 2.73 bits per heavy atom. The monoisotopic (exact) mass is 273 g/mol. The largest absolute Gasteiger partial charge is 0.419 e. The van der Waals surface area contributed by atoms with Crippen LogP contribution < -0.4 is 0 Å². The fraction of sp³-hybridized carbons (Fsp3) is 0.167. The smallest absolute Gasteiger partial charge is 0.357 e. The summed E-state index contributed by atoms with van der Waals surface area (Å²) in [6, 6.07) is 0. The minimum absolute atomic E-state index is 0.128. The summed E-state index contributed by atoms with van der Waals surface area (Å²) in [6.45, 7) is 1.62. The second kappa shape index (κ2) is 3.42. The molecule has 2 aromatic heterocycles. The van der Waals surface area contributed by atoms with Gasteiger partial charge in [-0.25, -0.2) is 0 Å². The molecule has 0 atom stereocenters. The molecule has 1 N–H and O–H groups in total. The number of rotatable bonds is 2. The second-order valence-corrected chi connectivity index (χ2v) is 3.41. The Morgan fingerprint density at radius 2 is 2.27 bits per heavy atom. The minimum Gasteiger partial charge on any atom is -0.419 e. The van der Waals surface area contributed by atoms with Crippen molar-refractivity contribution in [1.29, 1.82) is 0 Å². The van der Waals surface area contributed by atoms with Crippen LogP contribution in [-0.2, 0) is 0 Å². The third kappa shape index (κ3) is 1.61. The van der Waals surface area contributed by atoms with Gasteiger partial charge in [0.25, 0.3) is 5.89 Å². The van der Waals surface area contributed by atoms with E-state index in [1.165, 1.54) is 0 Å². The lowest BCUT2D eigenvalue weighted by molar-refractivity contribution is -0.390. The molecule has 8 nitrogen and oxygen atoms in total. The second-order valence-electron chi connectivity index (χ2n) is 2.62. The number of aromatic nitrogens is 4. The first kappa shape index (κ1) is 9.77. The van der Waals surface area contributed by atoms with Gasteiger partial charge < -0.3 is 14.5 Å². The molecule has 15 heavy (non-hydrogen) atoms.